The summed E-state index contributed by atoms with van der Waals surface area (Å²) in [6.07, 6.45) is 1.50. The van der Waals surface area contributed by atoms with Crippen LogP contribution >= 0.6 is 0 Å². The van der Waals surface area contributed by atoms with E-state index in [1.807, 2.05) is 11.7 Å². The van der Waals surface area contributed by atoms with E-state index in [0.717, 1.165) is 23.4 Å². The van der Waals surface area contributed by atoms with E-state index in [9.17, 15) is 4.79 Å². The van der Waals surface area contributed by atoms with Crippen molar-refractivity contribution >= 4 is 5.97 Å². The van der Waals surface area contributed by atoms with Gasteiger partial charge in [0.1, 0.15) is 0 Å². The van der Waals surface area contributed by atoms with Crippen LogP contribution in [0.2, 0.25) is 0 Å². The van der Waals surface area contributed by atoms with Gasteiger partial charge in [-0.3, -0.25) is 9.48 Å². The molecule has 4 nitrogen and oxygen atoms in total. The summed E-state index contributed by atoms with van der Waals surface area (Å²) in [6, 6.07) is 0. The molecule has 0 saturated carbocycles. The Balaban J connectivity index is 2.54. The molecule has 1 N–H and O–H groups in total. The quantitative estimate of drug-likeness (QED) is 0.804. The third kappa shape index (κ3) is 1.44. The van der Waals surface area contributed by atoms with Crippen molar-refractivity contribution in [3.05, 3.63) is 17.0 Å². The van der Waals surface area contributed by atoms with Gasteiger partial charge in [-0.25, -0.2) is 0 Å². The van der Waals surface area contributed by atoms with Crippen LogP contribution < -0.4 is 0 Å². The number of rotatable bonds is 2. The minimum absolute atomic E-state index is 0.325. The van der Waals surface area contributed by atoms with Crippen molar-refractivity contribution in [1.29, 1.82) is 0 Å². The molecule has 0 aromatic carbocycles. The summed E-state index contributed by atoms with van der Waals surface area (Å²) in [6.45, 7) is 4.16. The van der Waals surface area contributed by atoms with E-state index in [2.05, 4.69) is 18.9 Å². The third-order valence-corrected chi connectivity index (χ3v) is 3.07. The lowest BCUT2D eigenvalue weighted by Gasteiger charge is -2.12. The van der Waals surface area contributed by atoms with Crippen molar-refractivity contribution < 1.29 is 9.90 Å². The first-order valence-electron chi connectivity index (χ1n) is 5.30. The van der Waals surface area contributed by atoms with Gasteiger partial charge in [0.25, 0.3) is 0 Å². The predicted octanol–water partition coefficient (Wildman–Crippen LogP) is 1.66. The maximum atomic E-state index is 11.1. The summed E-state index contributed by atoms with van der Waals surface area (Å²) in [7, 11) is 1.90. The molecule has 0 radical (unpaired) electrons. The summed E-state index contributed by atoms with van der Waals surface area (Å²) in [4.78, 5) is 11.1. The molecule has 0 amide bonds. The van der Waals surface area contributed by atoms with Gasteiger partial charge in [-0.15, -0.1) is 0 Å². The summed E-state index contributed by atoms with van der Waals surface area (Å²) in [5.74, 6) is -0.735. The number of carboxylic acids is 1. The highest BCUT2D eigenvalue weighted by molar-refractivity contribution is 5.78. The molecule has 0 bridgehead atoms. The molecule has 82 valence electrons. The van der Waals surface area contributed by atoms with Crippen molar-refractivity contribution in [2.24, 2.45) is 7.05 Å². The zero-order chi connectivity index (χ0) is 11.2. The molecule has 0 fully saturated rings. The number of aryl methyl sites for hydroxylation is 2. The average Bonchev–Trinajstić information content (AvgIpc) is 2.59. The lowest BCUT2D eigenvalue weighted by atomic mass is 9.96. The second-order valence-electron chi connectivity index (χ2n) is 4.45. The van der Waals surface area contributed by atoms with Crippen LogP contribution in [0.25, 0.3) is 0 Å². The Kier molecular flexibility index (Phi) is 2.29. The second kappa shape index (κ2) is 3.36. The van der Waals surface area contributed by atoms with E-state index in [4.69, 9.17) is 5.11 Å². The summed E-state index contributed by atoms with van der Waals surface area (Å²) in [5.41, 5.74) is 3.03. The molecule has 1 aromatic heterocycles. The molecular formula is C11H16N2O2. The minimum atomic E-state index is -0.719. The van der Waals surface area contributed by atoms with E-state index >= 15 is 0 Å². The van der Waals surface area contributed by atoms with Crippen LogP contribution in [0.4, 0.5) is 0 Å². The van der Waals surface area contributed by atoms with Gasteiger partial charge in [0, 0.05) is 18.3 Å². The number of aromatic nitrogens is 2. The van der Waals surface area contributed by atoms with Crippen molar-refractivity contribution in [3.63, 3.8) is 0 Å². The average molecular weight is 208 g/mol. The fourth-order valence-corrected chi connectivity index (χ4v) is 2.53. The van der Waals surface area contributed by atoms with Crippen LogP contribution in [0.15, 0.2) is 0 Å². The van der Waals surface area contributed by atoms with Crippen LogP contribution in [-0.2, 0) is 18.3 Å². The van der Waals surface area contributed by atoms with Crippen LogP contribution in [0.5, 0.6) is 0 Å². The zero-order valence-corrected chi connectivity index (χ0v) is 9.32. The maximum absolute atomic E-state index is 11.1. The van der Waals surface area contributed by atoms with Gasteiger partial charge < -0.3 is 5.11 Å². The highest BCUT2D eigenvalue weighted by atomic mass is 16.4. The van der Waals surface area contributed by atoms with Gasteiger partial charge in [-0.2, -0.15) is 5.10 Å². The van der Waals surface area contributed by atoms with Crippen LogP contribution in [0.3, 0.4) is 0 Å². The smallest absolute Gasteiger partial charge is 0.311 e. The first-order chi connectivity index (χ1) is 7.02. The van der Waals surface area contributed by atoms with Crippen molar-refractivity contribution in [3.8, 4) is 0 Å². The normalized spacial score (nSPS) is 19.6. The van der Waals surface area contributed by atoms with Crippen molar-refractivity contribution in [2.45, 2.75) is 38.5 Å². The molecule has 15 heavy (non-hydrogen) atoms. The number of carbonyl (C=O) groups is 1. The Morgan fingerprint density at radius 2 is 2.27 bits per heavy atom. The Morgan fingerprint density at radius 1 is 1.60 bits per heavy atom. The largest absolute Gasteiger partial charge is 0.481 e. The molecular weight excluding hydrogens is 192 g/mol. The highest BCUT2D eigenvalue weighted by Gasteiger charge is 2.35. The highest BCUT2D eigenvalue weighted by Crippen LogP contribution is 2.37. The van der Waals surface area contributed by atoms with Gasteiger partial charge in [-0.1, -0.05) is 13.8 Å². The molecule has 1 heterocycles. The number of hydrogen-bond donors (Lipinski definition) is 1. The van der Waals surface area contributed by atoms with Gasteiger partial charge in [0.2, 0.25) is 0 Å². The first kappa shape index (κ1) is 10.2. The molecule has 0 saturated heterocycles. The Labute approximate surface area is 88.9 Å². The van der Waals surface area contributed by atoms with Gasteiger partial charge >= 0.3 is 5.97 Å². The summed E-state index contributed by atoms with van der Waals surface area (Å²) in [5, 5.41) is 13.5. The molecule has 2 rings (SSSR count). The standard InChI is InChI=1S/C11H16N2O2/c1-6(2)10-9-7(11(14)15)4-5-8(9)12-13(10)3/h6-7H,4-5H2,1-3H3,(H,14,15). The number of hydrogen-bond acceptors (Lipinski definition) is 2. The van der Waals surface area contributed by atoms with E-state index in [1.54, 1.807) is 0 Å². The molecule has 1 unspecified atom stereocenters. The SMILES string of the molecule is CC(C)c1c2c(nn1C)CCC2C(=O)O. The third-order valence-electron chi connectivity index (χ3n) is 3.07. The number of fused-ring (bicyclic) bond motifs is 1. The predicted molar refractivity (Wildman–Crippen MR) is 56.0 cm³/mol. The van der Waals surface area contributed by atoms with Gasteiger partial charge in [0.05, 0.1) is 11.6 Å². The van der Waals surface area contributed by atoms with Crippen molar-refractivity contribution in [2.75, 3.05) is 0 Å². The van der Waals surface area contributed by atoms with E-state index in [0.29, 0.717) is 12.3 Å². The second-order valence-corrected chi connectivity index (χ2v) is 4.45. The molecule has 1 aliphatic rings. The van der Waals surface area contributed by atoms with Crippen LogP contribution in [0, 0.1) is 0 Å². The number of nitrogens with zero attached hydrogens (tertiary/aromatic N) is 2. The first-order valence-corrected chi connectivity index (χ1v) is 5.30. The molecule has 1 aromatic rings. The molecule has 1 aliphatic carbocycles. The maximum Gasteiger partial charge on any atom is 0.311 e. The van der Waals surface area contributed by atoms with Crippen LogP contribution in [0.1, 0.15) is 49.1 Å². The van der Waals surface area contributed by atoms with E-state index < -0.39 is 5.97 Å². The van der Waals surface area contributed by atoms with Gasteiger partial charge in [0.15, 0.2) is 0 Å². The topological polar surface area (TPSA) is 55.1 Å². The zero-order valence-electron chi connectivity index (χ0n) is 9.32. The fourth-order valence-electron chi connectivity index (χ4n) is 2.53. The lowest BCUT2D eigenvalue weighted by Crippen LogP contribution is -2.12. The summed E-state index contributed by atoms with van der Waals surface area (Å²) >= 11 is 0. The Bertz CT molecular complexity index is 407. The van der Waals surface area contributed by atoms with Crippen molar-refractivity contribution in [1.82, 2.24) is 9.78 Å². The summed E-state index contributed by atoms with van der Waals surface area (Å²) < 4.78 is 1.84. The fraction of sp³-hybridized carbons (Fsp3) is 0.636. The van der Waals surface area contributed by atoms with Crippen LogP contribution in [-0.4, -0.2) is 20.9 Å². The lowest BCUT2D eigenvalue weighted by molar-refractivity contribution is -0.138. The number of carboxylic acid groups (broad SMARTS) is 1. The van der Waals surface area contributed by atoms with E-state index in [-0.39, 0.29) is 5.92 Å². The monoisotopic (exact) mass is 208 g/mol. The molecule has 1 atom stereocenters. The minimum Gasteiger partial charge on any atom is -0.481 e. The molecule has 4 heteroatoms. The number of aliphatic carboxylic acids is 1. The van der Waals surface area contributed by atoms with E-state index in [1.165, 1.54) is 0 Å². The Morgan fingerprint density at radius 3 is 2.80 bits per heavy atom. The Hall–Kier alpha value is -1.32. The van der Waals surface area contributed by atoms with Gasteiger partial charge in [-0.05, 0) is 18.8 Å². The molecule has 0 aliphatic heterocycles. The molecule has 0 spiro atoms.